The van der Waals surface area contributed by atoms with Crippen molar-refractivity contribution in [3.05, 3.63) is 35.1 Å². The Balaban J connectivity index is 1.17. The maximum Gasteiger partial charge on any atom is 0.226 e. The fourth-order valence-corrected chi connectivity index (χ4v) is 10.4. The number of piperazine rings is 1. The zero-order valence-corrected chi connectivity index (χ0v) is 28.0. The first kappa shape index (κ1) is 32.4. The molecule has 2 bridgehead atoms. The van der Waals surface area contributed by atoms with Gasteiger partial charge in [-0.3, -0.25) is 14.6 Å². The van der Waals surface area contributed by atoms with Crippen LogP contribution >= 0.6 is 0 Å². The van der Waals surface area contributed by atoms with Crippen LogP contribution in [0.2, 0.25) is 0 Å². The summed E-state index contributed by atoms with van der Waals surface area (Å²) in [5.41, 5.74) is 1.58. The Kier molecular flexibility index (Phi) is 9.75. The van der Waals surface area contributed by atoms with Gasteiger partial charge < -0.3 is 9.64 Å². The van der Waals surface area contributed by atoms with Crippen LogP contribution in [0.15, 0.2) is 18.2 Å². The predicted molar refractivity (Wildman–Crippen MR) is 170 cm³/mol. The normalized spacial score (nSPS) is 31.4. The number of sulfonamides is 1. The van der Waals surface area contributed by atoms with Crippen molar-refractivity contribution in [2.24, 2.45) is 11.8 Å². The SMILES string of the molecule is Cc1ccc([C@@H]2CC(N3C[C@@H]4C[C@H]3CO4)C[C@H]2C(=O)N2CCN(C(CN(C(C)C)S(C)(=O)=O)C3CCCCC3)CC2)c(F)c1. The number of likely N-dealkylation sites (tertiary alicyclic amines) is 1. The number of hydrogen-bond acceptors (Lipinski definition) is 6. The number of amides is 1. The highest BCUT2D eigenvalue weighted by Gasteiger charge is 2.49. The molecule has 5 aliphatic rings. The molecule has 6 rings (SSSR count). The summed E-state index contributed by atoms with van der Waals surface area (Å²) < 4.78 is 48.4. The van der Waals surface area contributed by atoms with Crippen LogP contribution in [0.1, 0.15) is 82.3 Å². The first-order valence-corrected chi connectivity index (χ1v) is 19.0. The van der Waals surface area contributed by atoms with Gasteiger partial charge in [-0.2, -0.15) is 4.31 Å². The van der Waals surface area contributed by atoms with Crippen LogP contribution in [0.4, 0.5) is 4.39 Å². The number of carbonyl (C=O) groups is 1. The van der Waals surface area contributed by atoms with Gasteiger partial charge in [0.25, 0.3) is 0 Å². The highest BCUT2D eigenvalue weighted by atomic mass is 32.2. The van der Waals surface area contributed by atoms with E-state index in [1.54, 1.807) is 10.4 Å². The number of hydrogen-bond donors (Lipinski definition) is 0. The minimum atomic E-state index is -3.33. The molecule has 0 radical (unpaired) electrons. The quantitative estimate of drug-likeness (QED) is 0.406. The lowest BCUT2D eigenvalue weighted by Crippen LogP contribution is -2.58. The Bertz CT molecular complexity index is 1280. The molecule has 3 aliphatic heterocycles. The summed E-state index contributed by atoms with van der Waals surface area (Å²) >= 11 is 0. The van der Waals surface area contributed by atoms with Crippen molar-refractivity contribution < 1.29 is 22.3 Å². The van der Waals surface area contributed by atoms with Crippen molar-refractivity contribution in [1.29, 1.82) is 0 Å². The Labute approximate surface area is 264 Å². The molecule has 1 amide bonds. The molecule has 10 heteroatoms. The van der Waals surface area contributed by atoms with Crippen molar-refractivity contribution in [1.82, 2.24) is 19.0 Å². The van der Waals surface area contributed by atoms with E-state index in [1.165, 1.54) is 25.5 Å². The number of fused-ring (bicyclic) bond motifs is 2. The van der Waals surface area contributed by atoms with Gasteiger partial charge in [-0.15, -0.1) is 0 Å². The third kappa shape index (κ3) is 6.75. The molecule has 3 heterocycles. The lowest BCUT2D eigenvalue weighted by atomic mass is 9.82. The molecule has 0 aromatic heterocycles. The van der Waals surface area contributed by atoms with E-state index in [9.17, 15) is 13.2 Å². The average Bonchev–Trinajstić information content (AvgIpc) is 3.74. The van der Waals surface area contributed by atoms with Gasteiger partial charge in [-0.1, -0.05) is 31.4 Å². The number of rotatable bonds is 9. The van der Waals surface area contributed by atoms with Gasteiger partial charge in [0.15, 0.2) is 0 Å². The van der Waals surface area contributed by atoms with E-state index in [1.807, 2.05) is 37.8 Å². The fraction of sp³-hybridized carbons (Fsp3) is 0.794. The molecule has 3 saturated heterocycles. The predicted octanol–water partition coefficient (Wildman–Crippen LogP) is 4.23. The summed E-state index contributed by atoms with van der Waals surface area (Å²) in [4.78, 5) is 21.4. The van der Waals surface area contributed by atoms with Crippen molar-refractivity contribution in [3.63, 3.8) is 0 Å². The maximum absolute atomic E-state index is 15.4. The summed E-state index contributed by atoms with van der Waals surface area (Å²) in [5.74, 6) is 0.0701. The number of halogens is 1. The van der Waals surface area contributed by atoms with Crippen LogP contribution in [0.25, 0.3) is 0 Å². The number of morpholine rings is 1. The van der Waals surface area contributed by atoms with E-state index < -0.39 is 10.0 Å². The van der Waals surface area contributed by atoms with Gasteiger partial charge in [0.05, 0.1) is 19.0 Å². The van der Waals surface area contributed by atoms with Gasteiger partial charge in [0, 0.05) is 69.4 Å². The lowest BCUT2D eigenvalue weighted by Gasteiger charge is -2.45. The first-order valence-electron chi connectivity index (χ1n) is 17.1. The van der Waals surface area contributed by atoms with E-state index >= 15 is 4.39 Å². The molecule has 44 heavy (non-hydrogen) atoms. The summed E-state index contributed by atoms with van der Waals surface area (Å²) in [6.45, 7) is 10.8. The Morgan fingerprint density at radius 1 is 1.05 bits per heavy atom. The smallest absolute Gasteiger partial charge is 0.226 e. The van der Waals surface area contributed by atoms with Gasteiger partial charge in [0.2, 0.25) is 15.9 Å². The summed E-state index contributed by atoms with van der Waals surface area (Å²) in [6.07, 6.45) is 10.2. The minimum Gasteiger partial charge on any atom is -0.375 e. The van der Waals surface area contributed by atoms with Crippen molar-refractivity contribution in [2.45, 2.75) is 108 Å². The van der Waals surface area contributed by atoms with E-state index in [4.69, 9.17) is 4.74 Å². The fourth-order valence-electron chi connectivity index (χ4n) is 9.21. The lowest BCUT2D eigenvalue weighted by molar-refractivity contribution is -0.138. The third-order valence-electron chi connectivity index (χ3n) is 11.5. The van der Waals surface area contributed by atoms with Crippen LogP contribution in [-0.2, 0) is 19.6 Å². The number of aryl methyl sites for hydroxylation is 1. The molecule has 0 spiro atoms. The van der Waals surface area contributed by atoms with Crippen LogP contribution in [0.5, 0.6) is 0 Å². The van der Waals surface area contributed by atoms with E-state index in [0.717, 1.165) is 63.9 Å². The molecule has 0 N–H and O–H groups in total. The van der Waals surface area contributed by atoms with Crippen molar-refractivity contribution >= 4 is 15.9 Å². The maximum atomic E-state index is 15.4. The molecule has 5 fully saturated rings. The first-order chi connectivity index (χ1) is 21.0. The van der Waals surface area contributed by atoms with Gasteiger partial charge >= 0.3 is 0 Å². The number of ether oxygens (including phenoxy) is 1. The highest BCUT2D eigenvalue weighted by molar-refractivity contribution is 7.88. The van der Waals surface area contributed by atoms with E-state index in [-0.39, 0.29) is 41.7 Å². The van der Waals surface area contributed by atoms with Crippen LogP contribution < -0.4 is 0 Å². The number of carbonyl (C=O) groups excluding carboxylic acids is 1. The minimum absolute atomic E-state index is 0.0919. The monoisotopic (exact) mass is 632 g/mol. The highest BCUT2D eigenvalue weighted by Crippen LogP contribution is 2.46. The molecule has 2 saturated carbocycles. The molecule has 1 aromatic rings. The van der Waals surface area contributed by atoms with Crippen LogP contribution in [0, 0.1) is 24.6 Å². The zero-order chi connectivity index (χ0) is 31.2. The second-order valence-corrected chi connectivity index (χ2v) is 16.6. The molecule has 1 aromatic carbocycles. The summed E-state index contributed by atoms with van der Waals surface area (Å²) in [6, 6.07) is 6.24. The Hall–Kier alpha value is -1.59. The summed E-state index contributed by atoms with van der Waals surface area (Å²) in [7, 11) is -3.33. The van der Waals surface area contributed by atoms with Crippen molar-refractivity contribution in [3.8, 4) is 0 Å². The molecule has 6 atom stereocenters. The van der Waals surface area contributed by atoms with Crippen LogP contribution in [-0.4, -0.2) is 116 Å². The second-order valence-electron chi connectivity index (χ2n) is 14.7. The van der Waals surface area contributed by atoms with Crippen LogP contribution in [0.3, 0.4) is 0 Å². The molecule has 246 valence electrons. The van der Waals surface area contributed by atoms with Gasteiger partial charge in [-0.25, -0.2) is 12.8 Å². The van der Waals surface area contributed by atoms with Crippen molar-refractivity contribution in [2.75, 3.05) is 52.1 Å². The molecule has 2 unspecified atom stereocenters. The standard InChI is InChI=1S/C34H53FN4O4S/c1-23(2)39(44(4,41)42)21-33(25-8-6-5-7-9-25)36-12-14-37(15-13-36)34(40)31-19-26(38-20-28-17-27(38)22-43-28)18-30(31)29-11-10-24(3)16-32(29)35/h10-11,16,23,25-28,30-31,33H,5-9,12-15,17-22H2,1-4H3/t26?,27-,28-,30-,31+,33?/m0/s1. The van der Waals surface area contributed by atoms with E-state index in [2.05, 4.69) is 9.80 Å². The number of nitrogens with zero attached hydrogens (tertiary/aromatic N) is 4. The largest absolute Gasteiger partial charge is 0.375 e. The molecular weight excluding hydrogens is 579 g/mol. The Morgan fingerprint density at radius 3 is 2.36 bits per heavy atom. The molecular formula is C34H53FN4O4S. The molecule has 2 aliphatic carbocycles. The second kappa shape index (κ2) is 13.3. The topological polar surface area (TPSA) is 73.4 Å². The van der Waals surface area contributed by atoms with E-state index in [0.29, 0.717) is 43.3 Å². The average molecular weight is 633 g/mol. The zero-order valence-electron chi connectivity index (χ0n) is 27.2. The summed E-state index contributed by atoms with van der Waals surface area (Å²) in [5, 5.41) is 0. The van der Waals surface area contributed by atoms with Gasteiger partial charge in [0.1, 0.15) is 5.82 Å². The van der Waals surface area contributed by atoms with Gasteiger partial charge in [-0.05, 0) is 81.9 Å². The molecule has 8 nitrogen and oxygen atoms in total. The Morgan fingerprint density at radius 2 is 1.77 bits per heavy atom. The third-order valence-corrected chi connectivity index (χ3v) is 12.9. The number of benzene rings is 1.